The predicted molar refractivity (Wildman–Crippen MR) is 137 cm³/mol. The van der Waals surface area contributed by atoms with E-state index < -0.39 is 0 Å². The van der Waals surface area contributed by atoms with Crippen molar-refractivity contribution in [2.45, 2.75) is 58.0 Å². The van der Waals surface area contributed by atoms with E-state index >= 15 is 0 Å². The van der Waals surface area contributed by atoms with Gasteiger partial charge >= 0.3 is 0 Å². The van der Waals surface area contributed by atoms with Crippen LogP contribution in [-0.2, 0) is 13.0 Å². The molecular formula is C29H39N3O2. The standard InChI is InChI=1S/C29H39N3O2/c1-21(24-7-5-4-6-8-24)32-17-15-22(16-18-32)11-13-27-25-12-14-28(33-20-23-9-10-23)26(19-31(2)3)29(25)34-30-27/h4-8,12,14,21-23H,9-11,13,15-20H2,1-3H3. The van der Waals surface area contributed by atoms with Crippen LogP contribution in [0.5, 0.6) is 5.75 Å². The molecule has 3 aromatic rings. The molecule has 2 aliphatic rings. The maximum absolute atomic E-state index is 6.18. The summed E-state index contributed by atoms with van der Waals surface area (Å²) in [6, 6.07) is 15.7. The van der Waals surface area contributed by atoms with Crippen LogP contribution in [-0.4, -0.2) is 48.7 Å². The summed E-state index contributed by atoms with van der Waals surface area (Å²) < 4.78 is 12.1. The van der Waals surface area contributed by atoms with Crippen molar-refractivity contribution in [1.29, 1.82) is 0 Å². The highest BCUT2D eigenvalue weighted by Gasteiger charge is 2.26. The second-order valence-electron chi connectivity index (χ2n) is 10.6. The van der Waals surface area contributed by atoms with Crippen molar-refractivity contribution in [2.75, 3.05) is 33.8 Å². The number of hydrogen-bond acceptors (Lipinski definition) is 5. The number of likely N-dealkylation sites (tertiary alicyclic amines) is 1. The summed E-state index contributed by atoms with van der Waals surface area (Å²) in [5.41, 5.74) is 4.56. The van der Waals surface area contributed by atoms with E-state index in [1.165, 1.54) is 50.8 Å². The quantitative estimate of drug-likeness (QED) is 0.366. The molecule has 0 amide bonds. The highest BCUT2D eigenvalue weighted by Crippen LogP contribution is 2.35. The average Bonchev–Trinajstić information content (AvgIpc) is 3.60. The van der Waals surface area contributed by atoms with Gasteiger partial charge in [-0.25, -0.2) is 0 Å². The van der Waals surface area contributed by atoms with Gasteiger partial charge in [-0.05, 0) is 102 Å². The van der Waals surface area contributed by atoms with Crippen molar-refractivity contribution in [1.82, 2.24) is 15.0 Å². The number of aryl methyl sites for hydroxylation is 1. The van der Waals surface area contributed by atoms with Crippen LogP contribution in [0, 0.1) is 11.8 Å². The number of rotatable bonds is 10. The van der Waals surface area contributed by atoms with Crippen molar-refractivity contribution in [2.24, 2.45) is 11.8 Å². The van der Waals surface area contributed by atoms with Crippen LogP contribution < -0.4 is 4.74 Å². The van der Waals surface area contributed by atoms with Gasteiger partial charge in [0, 0.05) is 18.0 Å². The summed E-state index contributed by atoms with van der Waals surface area (Å²) in [5.74, 6) is 2.44. The van der Waals surface area contributed by atoms with Crippen LogP contribution >= 0.6 is 0 Å². The third kappa shape index (κ3) is 5.47. The Morgan fingerprint density at radius 2 is 1.79 bits per heavy atom. The van der Waals surface area contributed by atoms with E-state index in [1.54, 1.807) is 0 Å². The number of nitrogens with zero attached hydrogens (tertiary/aromatic N) is 3. The molecule has 5 rings (SSSR count). The molecular weight excluding hydrogens is 422 g/mol. The zero-order chi connectivity index (χ0) is 23.5. The molecule has 5 heteroatoms. The lowest BCUT2D eigenvalue weighted by Gasteiger charge is -2.36. The Labute approximate surface area is 204 Å². The monoisotopic (exact) mass is 461 g/mol. The van der Waals surface area contributed by atoms with Crippen LogP contribution in [0.3, 0.4) is 0 Å². The summed E-state index contributed by atoms with van der Waals surface area (Å²) >= 11 is 0. The smallest absolute Gasteiger partial charge is 0.175 e. The van der Waals surface area contributed by atoms with Gasteiger partial charge in [-0.15, -0.1) is 0 Å². The van der Waals surface area contributed by atoms with Gasteiger partial charge in [-0.1, -0.05) is 35.5 Å². The zero-order valence-corrected chi connectivity index (χ0v) is 21.0. The number of fused-ring (bicyclic) bond motifs is 1. The van der Waals surface area contributed by atoms with Gasteiger partial charge in [0.15, 0.2) is 5.58 Å². The molecule has 2 aromatic carbocycles. The molecule has 34 heavy (non-hydrogen) atoms. The molecule has 1 unspecified atom stereocenters. The van der Waals surface area contributed by atoms with Crippen molar-refractivity contribution in [3.8, 4) is 5.75 Å². The number of aromatic nitrogens is 1. The summed E-state index contributed by atoms with van der Waals surface area (Å²) in [6.45, 7) is 6.30. The predicted octanol–water partition coefficient (Wildman–Crippen LogP) is 6.08. The Hall–Kier alpha value is -2.37. The lowest BCUT2D eigenvalue weighted by Crippen LogP contribution is -2.35. The summed E-state index contributed by atoms with van der Waals surface area (Å²) in [5, 5.41) is 5.68. The normalized spacial score (nSPS) is 18.6. The molecule has 2 fully saturated rings. The van der Waals surface area contributed by atoms with Crippen LogP contribution in [0.25, 0.3) is 11.0 Å². The van der Waals surface area contributed by atoms with E-state index in [2.05, 4.69) is 78.4 Å². The minimum Gasteiger partial charge on any atom is -0.493 e. The Balaban J connectivity index is 1.20. The summed E-state index contributed by atoms with van der Waals surface area (Å²) in [4.78, 5) is 4.80. The molecule has 0 bridgehead atoms. The largest absolute Gasteiger partial charge is 0.493 e. The second kappa shape index (κ2) is 10.5. The molecule has 0 N–H and O–H groups in total. The first-order chi connectivity index (χ1) is 16.6. The Bertz CT molecular complexity index is 1070. The first kappa shape index (κ1) is 23.4. The summed E-state index contributed by atoms with van der Waals surface area (Å²) in [7, 11) is 4.18. The third-order valence-corrected chi connectivity index (χ3v) is 7.69. The Morgan fingerprint density at radius 3 is 2.50 bits per heavy atom. The highest BCUT2D eigenvalue weighted by atomic mass is 16.5. The van der Waals surface area contributed by atoms with Crippen LogP contribution in [0.15, 0.2) is 47.0 Å². The second-order valence-corrected chi connectivity index (χ2v) is 10.6. The molecule has 0 spiro atoms. The number of ether oxygens (including phenoxy) is 1. The summed E-state index contributed by atoms with van der Waals surface area (Å²) in [6.07, 6.45) is 7.27. The Morgan fingerprint density at radius 1 is 1.03 bits per heavy atom. The van der Waals surface area contributed by atoms with Crippen LogP contribution in [0.2, 0.25) is 0 Å². The number of benzene rings is 2. The van der Waals surface area contributed by atoms with Crippen molar-refractivity contribution >= 4 is 11.0 Å². The fraction of sp³-hybridized carbons (Fsp3) is 0.552. The molecule has 0 radical (unpaired) electrons. The van der Waals surface area contributed by atoms with E-state index in [9.17, 15) is 0 Å². The van der Waals surface area contributed by atoms with Crippen molar-refractivity contribution < 1.29 is 9.26 Å². The fourth-order valence-corrected chi connectivity index (χ4v) is 5.28. The van der Waals surface area contributed by atoms with Gasteiger partial charge in [0.05, 0.1) is 17.9 Å². The number of piperidine rings is 1. The zero-order valence-electron chi connectivity index (χ0n) is 21.0. The lowest BCUT2D eigenvalue weighted by atomic mass is 9.90. The van der Waals surface area contributed by atoms with Gasteiger partial charge in [-0.3, -0.25) is 4.90 Å². The van der Waals surface area contributed by atoms with Crippen molar-refractivity contribution in [3.05, 3.63) is 59.3 Å². The molecule has 1 aromatic heterocycles. The van der Waals surface area contributed by atoms with E-state index in [-0.39, 0.29) is 0 Å². The van der Waals surface area contributed by atoms with Gasteiger partial charge in [0.1, 0.15) is 5.75 Å². The minimum atomic E-state index is 0.494. The van der Waals surface area contributed by atoms with E-state index in [1.807, 2.05) is 0 Å². The maximum atomic E-state index is 6.18. The molecule has 182 valence electrons. The fourth-order valence-electron chi connectivity index (χ4n) is 5.28. The van der Waals surface area contributed by atoms with E-state index in [0.29, 0.717) is 6.04 Å². The minimum absolute atomic E-state index is 0.494. The van der Waals surface area contributed by atoms with Gasteiger partial charge < -0.3 is 14.2 Å². The van der Waals surface area contributed by atoms with E-state index in [4.69, 9.17) is 9.26 Å². The molecule has 1 saturated heterocycles. The molecule has 1 aliphatic heterocycles. The number of hydrogen-bond donors (Lipinski definition) is 0. The van der Waals surface area contributed by atoms with Crippen molar-refractivity contribution in [3.63, 3.8) is 0 Å². The first-order valence-electron chi connectivity index (χ1n) is 13.0. The SMILES string of the molecule is CC(c1ccccc1)N1CCC(CCc2noc3c(CN(C)C)c(OCC4CC4)ccc23)CC1. The molecule has 1 saturated carbocycles. The van der Waals surface area contributed by atoms with Crippen LogP contribution in [0.4, 0.5) is 0 Å². The highest BCUT2D eigenvalue weighted by molar-refractivity contribution is 5.84. The molecule has 2 heterocycles. The van der Waals surface area contributed by atoms with Crippen LogP contribution in [0.1, 0.15) is 61.9 Å². The van der Waals surface area contributed by atoms with Gasteiger partial charge in [0.2, 0.25) is 0 Å². The maximum Gasteiger partial charge on any atom is 0.175 e. The average molecular weight is 462 g/mol. The first-order valence-corrected chi connectivity index (χ1v) is 13.0. The molecule has 1 aliphatic carbocycles. The topological polar surface area (TPSA) is 41.7 Å². The lowest BCUT2D eigenvalue weighted by molar-refractivity contribution is 0.137. The Kier molecular flexibility index (Phi) is 7.21. The van der Waals surface area contributed by atoms with Gasteiger partial charge in [-0.2, -0.15) is 0 Å². The molecule has 1 atom stereocenters. The van der Waals surface area contributed by atoms with E-state index in [0.717, 1.165) is 59.4 Å². The molecule has 5 nitrogen and oxygen atoms in total. The van der Waals surface area contributed by atoms with Gasteiger partial charge in [0.25, 0.3) is 0 Å². The third-order valence-electron chi connectivity index (χ3n) is 7.69.